The van der Waals surface area contributed by atoms with Crippen molar-refractivity contribution in [3.05, 3.63) is 71.4 Å². The average Bonchev–Trinajstić information content (AvgIpc) is 3.33. The standard InChI is InChI=1S/C20H14F2N2O4/c21-13-3-4-15(16(22)8-13)18-9-14(24-28-18)10-23-20(25)6-2-12-1-5-17-19(7-12)27-11-26-17/h1-9H,10-11H2,(H,23,25)/b6-2+. The van der Waals surface area contributed by atoms with Crippen LogP contribution < -0.4 is 14.8 Å². The van der Waals surface area contributed by atoms with E-state index in [0.29, 0.717) is 17.2 Å². The first kappa shape index (κ1) is 17.7. The van der Waals surface area contributed by atoms with Gasteiger partial charge in [-0.25, -0.2) is 8.78 Å². The number of amides is 1. The zero-order chi connectivity index (χ0) is 19.5. The highest BCUT2D eigenvalue weighted by Crippen LogP contribution is 2.32. The lowest BCUT2D eigenvalue weighted by molar-refractivity contribution is -0.116. The SMILES string of the molecule is O=C(/C=C/c1ccc2c(c1)OCO2)NCc1cc(-c2ccc(F)cc2F)on1. The Morgan fingerprint density at radius 2 is 1.96 bits per heavy atom. The van der Waals surface area contributed by atoms with Gasteiger partial charge in [0.25, 0.3) is 0 Å². The largest absolute Gasteiger partial charge is 0.454 e. The summed E-state index contributed by atoms with van der Waals surface area (Å²) < 4.78 is 42.3. The van der Waals surface area contributed by atoms with Crippen molar-refractivity contribution in [1.29, 1.82) is 0 Å². The van der Waals surface area contributed by atoms with E-state index in [2.05, 4.69) is 10.5 Å². The van der Waals surface area contributed by atoms with Crippen LogP contribution in [-0.2, 0) is 11.3 Å². The maximum atomic E-state index is 13.8. The maximum Gasteiger partial charge on any atom is 0.244 e. The molecule has 28 heavy (non-hydrogen) atoms. The number of hydrogen-bond donors (Lipinski definition) is 1. The minimum Gasteiger partial charge on any atom is -0.454 e. The molecule has 1 amide bonds. The van der Waals surface area contributed by atoms with Gasteiger partial charge < -0.3 is 19.3 Å². The van der Waals surface area contributed by atoms with Gasteiger partial charge in [-0.15, -0.1) is 0 Å². The summed E-state index contributed by atoms with van der Waals surface area (Å²) in [5.74, 6) is -0.319. The highest BCUT2D eigenvalue weighted by atomic mass is 19.1. The predicted octanol–water partition coefficient (Wildman–Crippen LogP) is 3.68. The molecule has 4 rings (SSSR count). The lowest BCUT2D eigenvalue weighted by Gasteiger charge is -1.99. The molecule has 0 saturated heterocycles. The van der Waals surface area contributed by atoms with Crippen LogP contribution in [0.15, 0.2) is 53.1 Å². The Balaban J connectivity index is 1.35. The zero-order valence-electron chi connectivity index (χ0n) is 14.4. The molecule has 0 spiro atoms. The van der Waals surface area contributed by atoms with Crippen LogP contribution >= 0.6 is 0 Å². The van der Waals surface area contributed by atoms with Gasteiger partial charge in [-0.3, -0.25) is 4.79 Å². The molecule has 0 fully saturated rings. The molecule has 1 aliphatic rings. The van der Waals surface area contributed by atoms with Crippen LogP contribution in [-0.4, -0.2) is 17.9 Å². The van der Waals surface area contributed by atoms with E-state index >= 15 is 0 Å². The van der Waals surface area contributed by atoms with E-state index in [1.807, 2.05) is 0 Å². The van der Waals surface area contributed by atoms with Crippen molar-refractivity contribution in [1.82, 2.24) is 10.5 Å². The molecule has 0 atom stereocenters. The third-order valence-corrected chi connectivity index (χ3v) is 4.02. The number of rotatable bonds is 5. The van der Waals surface area contributed by atoms with Gasteiger partial charge in [-0.05, 0) is 35.9 Å². The number of halogens is 2. The summed E-state index contributed by atoms with van der Waals surface area (Å²) >= 11 is 0. The van der Waals surface area contributed by atoms with E-state index in [-0.39, 0.29) is 30.6 Å². The number of aromatic nitrogens is 1. The lowest BCUT2D eigenvalue weighted by atomic mass is 10.1. The molecule has 6 nitrogen and oxygen atoms in total. The molecule has 2 aromatic carbocycles. The van der Waals surface area contributed by atoms with Crippen molar-refractivity contribution in [3.8, 4) is 22.8 Å². The number of hydrogen-bond acceptors (Lipinski definition) is 5. The highest BCUT2D eigenvalue weighted by Gasteiger charge is 2.13. The number of nitrogens with zero attached hydrogens (tertiary/aromatic N) is 1. The van der Waals surface area contributed by atoms with Crippen molar-refractivity contribution >= 4 is 12.0 Å². The first-order valence-corrected chi connectivity index (χ1v) is 8.35. The third kappa shape index (κ3) is 3.85. The number of carbonyl (C=O) groups is 1. The monoisotopic (exact) mass is 384 g/mol. The lowest BCUT2D eigenvalue weighted by Crippen LogP contribution is -2.20. The van der Waals surface area contributed by atoms with Crippen molar-refractivity contribution in [2.75, 3.05) is 6.79 Å². The molecule has 0 unspecified atom stereocenters. The fourth-order valence-corrected chi connectivity index (χ4v) is 2.64. The van der Waals surface area contributed by atoms with Gasteiger partial charge >= 0.3 is 0 Å². The summed E-state index contributed by atoms with van der Waals surface area (Å²) in [6.45, 7) is 0.279. The summed E-state index contributed by atoms with van der Waals surface area (Å²) in [5, 5.41) is 6.43. The summed E-state index contributed by atoms with van der Waals surface area (Å²) in [6, 6.07) is 9.99. The molecular formula is C20H14F2N2O4. The molecule has 8 heteroatoms. The van der Waals surface area contributed by atoms with Crippen LogP contribution in [0.4, 0.5) is 8.78 Å². The molecular weight excluding hydrogens is 370 g/mol. The smallest absolute Gasteiger partial charge is 0.244 e. The first-order chi connectivity index (χ1) is 13.6. The highest BCUT2D eigenvalue weighted by molar-refractivity contribution is 5.91. The van der Waals surface area contributed by atoms with E-state index in [0.717, 1.165) is 17.7 Å². The molecule has 0 saturated carbocycles. The normalized spacial score (nSPS) is 12.5. The van der Waals surface area contributed by atoms with Gasteiger partial charge in [0.1, 0.15) is 17.3 Å². The van der Waals surface area contributed by atoms with Gasteiger partial charge in [-0.2, -0.15) is 0 Å². The Bertz CT molecular complexity index is 1060. The first-order valence-electron chi connectivity index (χ1n) is 8.35. The molecule has 0 radical (unpaired) electrons. The topological polar surface area (TPSA) is 73.6 Å². The van der Waals surface area contributed by atoms with Crippen LogP contribution in [0.5, 0.6) is 11.5 Å². The van der Waals surface area contributed by atoms with Gasteiger partial charge in [0.2, 0.25) is 12.7 Å². The molecule has 0 aliphatic carbocycles. The summed E-state index contributed by atoms with van der Waals surface area (Å²) in [4.78, 5) is 12.0. The van der Waals surface area contributed by atoms with Crippen LogP contribution in [0.25, 0.3) is 17.4 Å². The summed E-state index contributed by atoms with van der Waals surface area (Å²) in [7, 11) is 0. The van der Waals surface area contributed by atoms with E-state index in [9.17, 15) is 13.6 Å². The van der Waals surface area contributed by atoms with Gasteiger partial charge in [0, 0.05) is 18.2 Å². The average molecular weight is 384 g/mol. The second-order valence-electron chi connectivity index (χ2n) is 5.97. The summed E-state index contributed by atoms with van der Waals surface area (Å²) in [6.07, 6.45) is 3.01. The fourth-order valence-electron chi connectivity index (χ4n) is 2.64. The quantitative estimate of drug-likeness (QED) is 0.680. The van der Waals surface area contributed by atoms with E-state index in [4.69, 9.17) is 14.0 Å². The van der Waals surface area contributed by atoms with E-state index in [1.165, 1.54) is 18.2 Å². The number of nitrogens with one attached hydrogen (secondary N) is 1. The number of ether oxygens (including phenoxy) is 2. The van der Waals surface area contributed by atoms with Crippen LogP contribution in [0.2, 0.25) is 0 Å². The van der Waals surface area contributed by atoms with Crippen LogP contribution in [0, 0.1) is 11.6 Å². The van der Waals surface area contributed by atoms with E-state index < -0.39 is 11.6 Å². The summed E-state index contributed by atoms with van der Waals surface area (Å²) in [5.41, 5.74) is 1.28. The number of carbonyl (C=O) groups excluding carboxylic acids is 1. The van der Waals surface area contributed by atoms with Crippen LogP contribution in [0.1, 0.15) is 11.3 Å². The van der Waals surface area contributed by atoms with Crippen molar-refractivity contribution in [2.45, 2.75) is 6.54 Å². The molecule has 1 aliphatic heterocycles. The van der Waals surface area contributed by atoms with E-state index in [1.54, 1.807) is 24.3 Å². The van der Waals surface area contributed by atoms with Crippen LogP contribution in [0.3, 0.4) is 0 Å². The molecule has 0 bridgehead atoms. The molecule has 1 N–H and O–H groups in total. The van der Waals surface area contributed by atoms with Gasteiger partial charge in [-0.1, -0.05) is 11.2 Å². The van der Waals surface area contributed by atoms with Crippen molar-refractivity contribution in [3.63, 3.8) is 0 Å². The van der Waals surface area contributed by atoms with Crippen molar-refractivity contribution < 1.29 is 27.6 Å². The van der Waals surface area contributed by atoms with Gasteiger partial charge in [0.05, 0.1) is 12.1 Å². The minimum atomic E-state index is -0.751. The third-order valence-electron chi connectivity index (χ3n) is 4.02. The number of fused-ring (bicyclic) bond motifs is 1. The molecule has 142 valence electrons. The Hall–Kier alpha value is -3.68. The minimum absolute atomic E-state index is 0.0918. The Kier molecular flexibility index (Phi) is 4.76. The Labute approximate surface area is 158 Å². The zero-order valence-corrected chi connectivity index (χ0v) is 14.4. The Morgan fingerprint density at radius 1 is 1.11 bits per heavy atom. The fraction of sp³-hybridized carbons (Fsp3) is 0.100. The molecule has 3 aromatic rings. The molecule has 1 aromatic heterocycles. The predicted molar refractivity (Wildman–Crippen MR) is 95.3 cm³/mol. The second-order valence-corrected chi connectivity index (χ2v) is 5.97. The second kappa shape index (κ2) is 7.51. The van der Waals surface area contributed by atoms with Gasteiger partial charge in [0.15, 0.2) is 17.3 Å². The van der Waals surface area contributed by atoms with Crippen molar-refractivity contribution in [2.24, 2.45) is 0 Å². The Morgan fingerprint density at radius 3 is 2.82 bits per heavy atom. The maximum absolute atomic E-state index is 13.8. The number of benzene rings is 2. The molecule has 2 heterocycles.